The minimum atomic E-state index is -1.37. The van der Waals surface area contributed by atoms with Crippen LogP contribution < -0.4 is 5.32 Å². The third kappa shape index (κ3) is 3.84. The number of hydrogen-bond acceptors (Lipinski definition) is 5. The first kappa shape index (κ1) is 15.3. The van der Waals surface area contributed by atoms with Gasteiger partial charge in [0.25, 0.3) is 0 Å². The van der Waals surface area contributed by atoms with Crippen LogP contribution in [-0.2, 0) is 10.3 Å². The number of carbonyl (C=O) groups is 1. The Morgan fingerprint density at radius 3 is 2.21 bits per heavy atom. The van der Waals surface area contributed by atoms with Gasteiger partial charge >= 0.3 is 5.97 Å². The Bertz CT molecular complexity index is 442. The molecule has 0 fully saturated rings. The van der Waals surface area contributed by atoms with Crippen LogP contribution in [0.5, 0.6) is 11.5 Å². The number of aromatic hydroxyl groups is 2. The van der Waals surface area contributed by atoms with Crippen molar-refractivity contribution in [1.82, 2.24) is 10.2 Å². The van der Waals surface area contributed by atoms with Gasteiger partial charge < -0.3 is 20.2 Å². The fraction of sp³-hybridized carbons (Fsp3) is 0.462. The summed E-state index contributed by atoms with van der Waals surface area (Å²) >= 11 is 0. The van der Waals surface area contributed by atoms with Crippen LogP contribution in [0.4, 0.5) is 0 Å². The number of aliphatic carboxylic acids is 1. The Balaban J connectivity index is 3.01. The van der Waals surface area contributed by atoms with Crippen LogP contribution in [0.15, 0.2) is 18.2 Å². The third-order valence-electron chi connectivity index (χ3n) is 2.95. The Hall–Kier alpha value is -1.79. The van der Waals surface area contributed by atoms with Crippen molar-refractivity contribution in [2.24, 2.45) is 0 Å². The van der Waals surface area contributed by atoms with Crippen molar-refractivity contribution in [1.29, 1.82) is 0 Å². The summed E-state index contributed by atoms with van der Waals surface area (Å²) < 4.78 is 0. The van der Waals surface area contributed by atoms with E-state index in [9.17, 15) is 20.1 Å². The van der Waals surface area contributed by atoms with Crippen LogP contribution in [-0.4, -0.2) is 53.4 Å². The lowest BCUT2D eigenvalue weighted by molar-refractivity contribution is -0.144. The standard InChI is InChI=1S/C13H20N2O4/c1-13(12(18)19,14-4-5-15(2)3)9-6-10(16)8-11(17)7-9/h6-8,14,16-17H,4-5H2,1-3H3,(H,18,19). The molecule has 0 aromatic heterocycles. The van der Waals surface area contributed by atoms with Gasteiger partial charge in [-0.15, -0.1) is 0 Å². The van der Waals surface area contributed by atoms with Crippen LogP contribution >= 0.6 is 0 Å². The molecular formula is C13H20N2O4. The molecule has 1 unspecified atom stereocenters. The second-order valence-electron chi connectivity index (χ2n) is 4.90. The second kappa shape index (κ2) is 5.90. The van der Waals surface area contributed by atoms with Gasteiger partial charge in [0.2, 0.25) is 0 Å². The van der Waals surface area contributed by atoms with Crippen LogP contribution in [0.3, 0.4) is 0 Å². The number of nitrogens with one attached hydrogen (secondary N) is 1. The molecule has 1 atom stereocenters. The van der Waals surface area contributed by atoms with E-state index in [2.05, 4.69) is 5.32 Å². The largest absolute Gasteiger partial charge is 0.508 e. The van der Waals surface area contributed by atoms with Gasteiger partial charge in [-0.1, -0.05) is 0 Å². The lowest BCUT2D eigenvalue weighted by atomic mass is 9.91. The van der Waals surface area contributed by atoms with E-state index in [-0.39, 0.29) is 11.5 Å². The molecule has 1 aromatic carbocycles. The monoisotopic (exact) mass is 268 g/mol. The van der Waals surface area contributed by atoms with E-state index in [1.165, 1.54) is 19.1 Å². The molecule has 0 aliphatic rings. The topological polar surface area (TPSA) is 93.0 Å². The number of benzene rings is 1. The molecule has 0 aliphatic heterocycles. The van der Waals surface area contributed by atoms with Gasteiger partial charge in [0.1, 0.15) is 17.0 Å². The third-order valence-corrected chi connectivity index (χ3v) is 2.95. The van der Waals surface area contributed by atoms with Gasteiger partial charge in [-0.2, -0.15) is 0 Å². The fourth-order valence-electron chi connectivity index (χ4n) is 1.71. The molecule has 0 heterocycles. The van der Waals surface area contributed by atoms with Gasteiger partial charge in [0.05, 0.1) is 0 Å². The zero-order chi connectivity index (χ0) is 14.6. The highest BCUT2D eigenvalue weighted by Gasteiger charge is 2.35. The van der Waals surface area contributed by atoms with Crippen LogP contribution in [0.25, 0.3) is 0 Å². The minimum Gasteiger partial charge on any atom is -0.508 e. The first-order valence-corrected chi connectivity index (χ1v) is 5.92. The van der Waals surface area contributed by atoms with E-state index in [0.717, 1.165) is 6.07 Å². The van der Waals surface area contributed by atoms with Gasteiger partial charge in [-0.05, 0) is 38.7 Å². The number of rotatable bonds is 6. The number of carboxylic acid groups (broad SMARTS) is 1. The molecule has 6 nitrogen and oxygen atoms in total. The van der Waals surface area contributed by atoms with Crippen LogP contribution in [0, 0.1) is 0 Å². The smallest absolute Gasteiger partial charge is 0.328 e. The zero-order valence-corrected chi connectivity index (χ0v) is 11.3. The van der Waals surface area contributed by atoms with Crippen LogP contribution in [0.1, 0.15) is 12.5 Å². The van der Waals surface area contributed by atoms with E-state index in [0.29, 0.717) is 18.7 Å². The summed E-state index contributed by atoms with van der Waals surface area (Å²) in [5.74, 6) is -1.41. The highest BCUT2D eigenvalue weighted by atomic mass is 16.4. The molecule has 0 saturated carbocycles. The zero-order valence-electron chi connectivity index (χ0n) is 11.3. The predicted molar refractivity (Wildman–Crippen MR) is 71.3 cm³/mol. The van der Waals surface area contributed by atoms with Crippen molar-refractivity contribution in [3.63, 3.8) is 0 Å². The summed E-state index contributed by atoms with van der Waals surface area (Å²) in [6, 6.07) is 3.82. The number of phenolic OH excluding ortho intramolecular Hbond substituents is 2. The maximum atomic E-state index is 11.5. The Labute approximate surface area is 112 Å². The molecule has 19 heavy (non-hydrogen) atoms. The average Bonchev–Trinajstić information content (AvgIpc) is 2.26. The number of nitrogens with zero attached hydrogens (tertiary/aromatic N) is 1. The van der Waals surface area contributed by atoms with Gasteiger partial charge in [-0.25, -0.2) is 4.79 Å². The van der Waals surface area contributed by atoms with Crippen molar-refractivity contribution in [2.45, 2.75) is 12.5 Å². The first-order valence-electron chi connectivity index (χ1n) is 5.92. The van der Waals surface area contributed by atoms with E-state index < -0.39 is 11.5 Å². The number of carboxylic acids is 1. The summed E-state index contributed by atoms with van der Waals surface area (Å²) in [6.07, 6.45) is 0. The number of likely N-dealkylation sites (N-methyl/N-ethyl adjacent to an activating group) is 1. The lowest BCUT2D eigenvalue weighted by Crippen LogP contribution is -2.48. The normalized spacial score (nSPS) is 14.3. The predicted octanol–water partition coefficient (Wildman–Crippen LogP) is 0.549. The molecule has 0 amide bonds. The lowest BCUT2D eigenvalue weighted by Gasteiger charge is -2.28. The van der Waals surface area contributed by atoms with E-state index in [4.69, 9.17) is 0 Å². The molecule has 6 heteroatoms. The van der Waals surface area contributed by atoms with Crippen molar-refractivity contribution in [3.8, 4) is 11.5 Å². The minimum absolute atomic E-state index is 0.170. The highest BCUT2D eigenvalue weighted by Crippen LogP contribution is 2.29. The Morgan fingerprint density at radius 2 is 1.79 bits per heavy atom. The van der Waals surface area contributed by atoms with Crippen molar-refractivity contribution in [3.05, 3.63) is 23.8 Å². The molecule has 1 aromatic rings. The van der Waals surface area contributed by atoms with Crippen molar-refractivity contribution in [2.75, 3.05) is 27.2 Å². The molecule has 0 radical (unpaired) electrons. The summed E-state index contributed by atoms with van der Waals surface area (Å²) in [7, 11) is 3.78. The fourth-order valence-corrected chi connectivity index (χ4v) is 1.71. The Kier molecular flexibility index (Phi) is 4.74. The number of hydrogen-bond donors (Lipinski definition) is 4. The first-order chi connectivity index (χ1) is 8.75. The van der Waals surface area contributed by atoms with E-state index >= 15 is 0 Å². The molecule has 1 rings (SSSR count). The van der Waals surface area contributed by atoms with E-state index in [1.807, 2.05) is 19.0 Å². The highest BCUT2D eigenvalue weighted by molar-refractivity contribution is 5.80. The second-order valence-corrected chi connectivity index (χ2v) is 4.90. The maximum Gasteiger partial charge on any atom is 0.328 e. The van der Waals surface area contributed by atoms with Crippen molar-refractivity contribution < 1.29 is 20.1 Å². The molecule has 0 bridgehead atoms. The molecule has 0 spiro atoms. The summed E-state index contributed by atoms with van der Waals surface area (Å²) in [4.78, 5) is 13.4. The molecule has 0 saturated heterocycles. The molecular weight excluding hydrogens is 248 g/mol. The molecule has 4 N–H and O–H groups in total. The average molecular weight is 268 g/mol. The van der Waals surface area contributed by atoms with E-state index in [1.54, 1.807) is 0 Å². The Morgan fingerprint density at radius 1 is 1.26 bits per heavy atom. The summed E-state index contributed by atoms with van der Waals surface area (Å²) in [5, 5.41) is 31.3. The van der Waals surface area contributed by atoms with Crippen molar-refractivity contribution >= 4 is 5.97 Å². The van der Waals surface area contributed by atoms with Gasteiger partial charge in [0, 0.05) is 19.2 Å². The van der Waals surface area contributed by atoms with Gasteiger partial charge in [-0.3, -0.25) is 5.32 Å². The summed E-state index contributed by atoms with van der Waals surface area (Å²) in [5.41, 5.74) is -1.07. The number of phenols is 2. The SMILES string of the molecule is CN(C)CCNC(C)(C(=O)O)c1cc(O)cc(O)c1. The van der Waals surface area contributed by atoms with Gasteiger partial charge in [0.15, 0.2) is 0 Å². The quantitative estimate of drug-likeness (QED) is 0.602. The maximum absolute atomic E-state index is 11.5. The molecule has 0 aliphatic carbocycles. The molecule has 106 valence electrons. The summed E-state index contributed by atoms with van der Waals surface area (Å²) in [6.45, 7) is 2.64. The van der Waals surface area contributed by atoms with Crippen LogP contribution in [0.2, 0.25) is 0 Å².